The van der Waals surface area contributed by atoms with Crippen LogP contribution in [-0.2, 0) is 6.54 Å². The number of nitrogens with one attached hydrogen (secondary N) is 2. The second-order valence-corrected chi connectivity index (χ2v) is 5.11. The van der Waals surface area contributed by atoms with E-state index >= 15 is 0 Å². The molecular formula is C16H17ClN2O2. The van der Waals surface area contributed by atoms with E-state index < -0.39 is 6.10 Å². The Morgan fingerprint density at radius 3 is 2.71 bits per heavy atom. The predicted octanol–water partition coefficient (Wildman–Crippen LogP) is 3.72. The minimum atomic E-state index is -0.571. The number of rotatable bonds is 4. The van der Waals surface area contributed by atoms with Gasteiger partial charge in [0, 0.05) is 17.3 Å². The van der Waals surface area contributed by atoms with Crippen molar-refractivity contribution < 1.29 is 9.90 Å². The largest absolute Gasteiger partial charge is 0.389 e. The van der Waals surface area contributed by atoms with Gasteiger partial charge >= 0.3 is 6.03 Å². The summed E-state index contributed by atoms with van der Waals surface area (Å²) in [6.07, 6.45) is -0.571. The molecule has 1 atom stereocenters. The van der Waals surface area contributed by atoms with E-state index in [4.69, 9.17) is 11.6 Å². The summed E-state index contributed by atoms with van der Waals surface area (Å²) in [5.41, 5.74) is 2.23. The highest BCUT2D eigenvalue weighted by Crippen LogP contribution is 2.17. The van der Waals surface area contributed by atoms with Crippen LogP contribution < -0.4 is 10.6 Å². The van der Waals surface area contributed by atoms with E-state index in [1.54, 1.807) is 37.3 Å². The number of urea groups is 1. The van der Waals surface area contributed by atoms with E-state index in [1.165, 1.54) is 0 Å². The zero-order chi connectivity index (χ0) is 15.2. The minimum absolute atomic E-state index is 0.322. The summed E-state index contributed by atoms with van der Waals surface area (Å²) < 4.78 is 0. The van der Waals surface area contributed by atoms with Gasteiger partial charge in [-0.25, -0.2) is 4.79 Å². The van der Waals surface area contributed by atoms with E-state index in [1.807, 2.05) is 18.2 Å². The van der Waals surface area contributed by atoms with Crippen LogP contribution in [0.4, 0.5) is 10.5 Å². The van der Waals surface area contributed by atoms with Crippen LogP contribution in [0.3, 0.4) is 0 Å². The number of hydrogen-bond acceptors (Lipinski definition) is 2. The Bertz CT molecular complexity index is 629. The molecule has 0 aromatic heterocycles. The van der Waals surface area contributed by atoms with Crippen LogP contribution in [0.2, 0.25) is 5.02 Å². The summed E-state index contributed by atoms with van der Waals surface area (Å²) in [7, 11) is 0. The molecule has 0 aliphatic heterocycles. The molecule has 0 aliphatic rings. The molecule has 0 bridgehead atoms. The fraction of sp³-hybridized carbons (Fsp3) is 0.188. The lowest BCUT2D eigenvalue weighted by molar-refractivity contribution is 0.199. The molecule has 110 valence electrons. The van der Waals surface area contributed by atoms with E-state index in [0.717, 1.165) is 11.1 Å². The van der Waals surface area contributed by atoms with Crippen molar-refractivity contribution in [2.24, 2.45) is 0 Å². The average Bonchev–Trinajstić information content (AvgIpc) is 2.46. The number of benzene rings is 2. The fourth-order valence-corrected chi connectivity index (χ4v) is 2.07. The molecule has 0 spiro atoms. The van der Waals surface area contributed by atoms with Crippen molar-refractivity contribution in [2.45, 2.75) is 19.6 Å². The van der Waals surface area contributed by atoms with Crippen molar-refractivity contribution in [1.29, 1.82) is 0 Å². The first kappa shape index (κ1) is 15.4. The van der Waals surface area contributed by atoms with Crippen molar-refractivity contribution in [3.63, 3.8) is 0 Å². The molecule has 2 rings (SSSR count). The predicted molar refractivity (Wildman–Crippen MR) is 84.4 cm³/mol. The van der Waals surface area contributed by atoms with Crippen molar-refractivity contribution >= 4 is 23.3 Å². The second-order valence-electron chi connectivity index (χ2n) is 4.70. The van der Waals surface area contributed by atoms with Crippen molar-refractivity contribution in [3.8, 4) is 0 Å². The Hall–Kier alpha value is -2.04. The third kappa shape index (κ3) is 4.48. The molecule has 0 radical (unpaired) electrons. The van der Waals surface area contributed by atoms with Crippen LogP contribution in [-0.4, -0.2) is 11.1 Å². The van der Waals surface area contributed by atoms with Gasteiger partial charge in [-0.3, -0.25) is 0 Å². The fourth-order valence-electron chi connectivity index (χ4n) is 1.87. The minimum Gasteiger partial charge on any atom is -0.389 e. The Morgan fingerprint density at radius 1 is 1.24 bits per heavy atom. The summed E-state index contributed by atoms with van der Waals surface area (Å²) in [5.74, 6) is 0. The van der Waals surface area contributed by atoms with Crippen molar-refractivity contribution in [1.82, 2.24) is 5.32 Å². The monoisotopic (exact) mass is 304 g/mol. The van der Waals surface area contributed by atoms with Crippen molar-refractivity contribution in [2.75, 3.05) is 5.32 Å². The van der Waals surface area contributed by atoms with E-state index in [0.29, 0.717) is 17.3 Å². The van der Waals surface area contributed by atoms with Crippen LogP contribution in [0.5, 0.6) is 0 Å². The first-order chi connectivity index (χ1) is 10.1. The smallest absolute Gasteiger partial charge is 0.319 e. The van der Waals surface area contributed by atoms with Crippen LogP contribution in [0.1, 0.15) is 24.2 Å². The van der Waals surface area contributed by atoms with Gasteiger partial charge in [-0.05, 0) is 36.2 Å². The van der Waals surface area contributed by atoms with E-state index in [2.05, 4.69) is 10.6 Å². The number of halogens is 1. The molecule has 2 amide bonds. The highest BCUT2D eigenvalue weighted by atomic mass is 35.5. The van der Waals surface area contributed by atoms with Crippen LogP contribution in [0.25, 0.3) is 0 Å². The molecule has 0 saturated carbocycles. The van der Waals surface area contributed by atoms with E-state index in [9.17, 15) is 9.90 Å². The Labute approximate surface area is 128 Å². The third-order valence-corrected chi connectivity index (χ3v) is 3.39. The molecule has 0 saturated heterocycles. The third-order valence-electron chi connectivity index (χ3n) is 3.02. The normalized spacial score (nSPS) is 11.8. The molecule has 5 heteroatoms. The van der Waals surface area contributed by atoms with Gasteiger partial charge in [0.05, 0.1) is 6.10 Å². The summed E-state index contributed by atoms with van der Waals surface area (Å²) in [4.78, 5) is 11.9. The quantitative estimate of drug-likeness (QED) is 0.806. The molecule has 0 heterocycles. The second kappa shape index (κ2) is 7.11. The molecule has 1 unspecified atom stereocenters. The number of amides is 2. The number of carbonyl (C=O) groups is 1. The molecule has 4 nitrogen and oxygen atoms in total. The lowest BCUT2D eigenvalue weighted by atomic mass is 10.1. The summed E-state index contributed by atoms with van der Waals surface area (Å²) in [6.45, 7) is 2.03. The number of anilines is 1. The van der Waals surface area contributed by atoms with Gasteiger partial charge in [0.25, 0.3) is 0 Å². The number of aliphatic hydroxyl groups excluding tert-OH is 1. The zero-order valence-corrected chi connectivity index (χ0v) is 12.4. The first-order valence-electron chi connectivity index (χ1n) is 6.62. The zero-order valence-electron chi connectivity index (χ0n) is 11.6. The maximum atomic E-state index is 11.9. The number of aliphatic hydroxyl groups is 1. The van der Waals surface area contributed by atoms with Crippen LogP contribution >= 0.6 is 11.6 Å². The summed E-state index contributed by atoms with van der Waals surface area (Å²) in [5, 5.41) is 15.6. The molecule has 2 aromatic carbocycles. The average molecular weight is 305 g/mol. The number of carbonyl (C=O) groups excluding carboxylic acids is 1. The molecule has 21 heavy (non-hydrogen) atoms. The molecule has 0 fully saturated rings. The number of hydrogen-bond donors (Lipinski definition) is 3. The molecule has 3 N–H and O–H groups in total. The SMILES string of the molecule is CC(O)c1cccc(NC(=O)NCc2ccccc2Cl)c1. The van der Waals surface area contributed by atoms with Gasteiger partial charge in [0.15, 0.2) is 0 Å². The van der Waals surface area contributed by atoms with E-state index in [-0.39, 0.29) is 6.03 Å². The van der Waals surface area contributed by atoms with Crippen LogP contribution in [0, 0.1) is 0 Å². The topological polar surface area (TPSA) is 61.4 Å². The highest BCUT2D eigenvalue weighted by Gasteiger charge is 2.06. The lowest BCUT2D eigenvalue weighted by Gasteiger charge is -2.10. The Morgan fingerprint density at radius 2 is 2.00 bits per heavy atom. The maximum Gasteiger partial charge on any atom is 0.319 e. The molecular weight excluding hydrogens is 288 g/mol. The summed E-state index contributed by atoms with van der Waals surface area (Å²) >= 11 is 6.02. The highest BCUT2D eigenvalue weighted by molar-refractivity contribution is 6.31. The molecule has 2 aromatic rings. The van der Waals surface area contributed by atoms with Crippen molar-refractivity contribution in [3.05, 3.63) is 64.7 Å². The Balaban J connectivity index is 1.93. The van der Waals surface area contributed by atoms with Gasteiger partial charge in [0.1, 0.15) is 0 Å². The van der Waals surface area contributed by atoms with Gasteiger partial charge in [-0.2, -0.15) is 0 Å². The Kier molecular flexibility index (Phi) is 5.20. The lowest BCUT2D eigenvalue weighted by Crippen LogP contribution is -2.28. The van der Waals surface area contributed by atoms with Gasteiger partial charge in [-0.1, -0.05) is 41.9 Å². The van der Waals surface area contributed by atoms with Gasteiger partial charge in [-0.15, -0.1) is 0 Å². The first-order valence-corrected chi connectivity index (χ1v) is 7.00. The van der Waals surface area contributed by atoms with Gasteiger partial charge < -0.3 is 15.7 Å². The summed E-state index contributed by atoms with van der Waals surface area (Å²) in [6, 6.07) is 14.1. The van der Waals surface area contributed by atoms with Gasteiger partial charge in [0.2, 0.25) is 0 Å². The van der Waals surface area contributed by atoms with Crippen LogP contribution in [0.15, 0.2) is 48.5 Å². The standard InChI is InChI=1S/C16H17ClN2O2/c1-11(20)12-6-4-7-14(9-12)19-16(21)18-10-13-5-2-3-8-15(13)17/h2-9,11,20H,10H2,1H3,(H2,18,19,21). The maximum absolute atomic E-state index is 11.9. The molecule has 0 aliphatic carbocycles.